The number of anilines is 2. The molecule has 4 aliphatic rings. The Morgan fingerprint density at radius 3 is 2.33 bits per heavy atom. The summed E-state index contributed by atoms with van der Waals surface area (Å²) in [5.41, 5.74) is 2.16. The molecule has 8 nitrogen and oxygen atoms in total. The number of piperidine rings is 1. The standard InChI is InChI=1S/C35H49F2N7O/c1-25(2)42-18-20-43(21-19-42)31-23-30-32-38-24-39-33(30)44(34(31)45)15-8-6-4-5-7-14-41-16-12-28(13-17-41)35(36,37)29-11-9-10-27(22-29)26(3)40-32/h9-11,22-26,28H,4-8,12-21H2,1-3H3,(H,38,39,40)/t26-/m0/s1. The lowest BCUT2D eigenvalue weighted by Gasteiger charge is -2.38. The van der Waals surface area contributed by atoms with Gasteiger partial charge in [0.2, 0.25) is 0 Å². The van der Waals surface area contributed by atoms with Crippen LogP contribution in [-0.2, 0) is 12.5 Å². The van der Waals surface area contributed by atoms with E-state index in [0.29, 0.717) is 42.6 Å². The zero-order chi connectivity index (χ0) is 31.6. The summed E-state index contributed by atoms with van der Waals surface area (Å²) < 4.78 is 33.6. The molecule has 10 heteroatoms. The maximum atomic E-state index is 15.9. The summed E-state index contributed by atoms with van der Waals surface area (Å²) in [5, 5.41) is 4.29. The van der Waals surface area contributed by atoms with Crippen LogP contribution in [0.4, 0.5) is 20.3 Å². The van der Waals surface area contributed by atoms with Crippen molar-refractivity contribution in [2.75, 3.05) is 56.0 Å². The SMILES string of the molecule is CC(C)N1CCN(c2cc3c4ncnc3n(c2=O)CCCCCCCN2CCC(CC2)C(F)(F)c2cccc(c2)[C@H](C)N4)CC1. The van der Waals surface area contributed by atoms with Gasteiger partial charge in [0.25, 0.3) is 11.5 Å². The zero-order valence-corrected chi connectivity index (χ0v) is 27.2. The quantitative estimate of drug-likeness (QED) is 0.362. The minimum atomic E-state index is -2.88. The van der Waals surface area contributed by atoms with Gasteiger partial charge in [-0.2, -0.15) is 0 Å². The highest BCUT2D eigenvalue weighted by atomic mass is 19.3. The van der Waals surface area contributed by atoms with Gasteiger partial charge in [-0.15, -0.1) is 0 Å². The summed E-state index contributed by atoms with van der Waals surface area (Å²) in [5.74, 6) is -2.92. The molecule has 0 radical (unpaired) electrons. The lowest BCUT2D eigenvalue weighted by Crippen LogP contribution is -2.50. The Balaban J connectivity index is 1.37. The van der Waals surface area contributed by atoms with E-state index >= 15 is 8.78 Å². The van der Waals surface area contributed by atoms with Crippen LogP contribution >= 0.6 is 0 Å². The molecule has 2 saturated heterocycles. The van der Waals surface area contributed by atoms with Crippen LogP contribution in [0.1, 0.15) is 82.9 Å². The second-order valence-corrected chi connectivity index (χ2v) is 13.6. The second-order valence-electron chi connectivity index (χ2n) is 13.6. The van der Waals surface area contributed by atoms with Crippen molar-refractivity contribution in [3.05, 3.63) is 58.1 Å². The average molecular weight is 622 g/mol. The number of piperazine rings is 1. The zero-order valence-electron chi connectivity index (χ0n) is 27.2. The first kappa shape index (κ1) is 31.9. The monoisotopic (exact) mass is 621 g/mol. The number of aryl methyl sites for hydroxylation is 1. The van der Waals surface area contributed by atoms with Crippen molar-refractivity contribution < 1.29 is 8.78 Å². The van der Waals surface area contributed by atoms with E-state index in [1.165, 1.54) is 6.33 Å². The number of benzene rings is 1. The molecule has 3 aromatic rings. The molecule has 7 rings (SSSR count). The summed E-state index contributed by atoms with van der Waals surface area (Å²) in [6.07, 6.45) is 7.73. The minimum Gasteiger partial charge on any atom is -0.364 e. The maximum absolute atomic E-state index is 15.9. The molecule has 0 spiro atoms. The minimum absolute atomic E-state index is 0.00453. The molecule has 0 unspecified atom stereocenters. The number of rotatable bonds is 2. The second kappa shape index (κ2) is 13.7. The molecule has 2 aromatic heterocycles. The number of aromatic nitrogens is 3. The maximum Gasteiger partial charge on any atom is 0.276 e. The van der Waals surface area contributed by atoms with E-state index in [9.17, 15) is 4.79 Å². The topological polar surface area (TPSA) is 69.5 Å². The molecule has 0 saturated carbocycles. The predicted molar refractivity (Wildman–Crippen MR) is 177 cm³/mol. The van der Waals surface area contributed by atoms with Crippen molar-refractivity contribution in [3.63, 3.8) is 0 Å². The molecule has 1 aromatic carbocycles. The Bertz CT molecular complexity index is 1510. The number of fused-ring (bicyclic) bond motifs is 9. The Kier molecular flexibility index (Phi) is 9.71. The highest BCUT2D eigenvalue weighted by Gasteiger charge is 2.42. The van der Waals surface area contributed by atoms with Crippen LogP contribution in [0.5, 0.6) is 0 Å². The molecule has 6 heterocycles. The van der Waals surface area contributed by atoms with Crippen LogP contribution in [0.3, 0.4) is 0 Å². The normalized spacial score (nSPS) is 25.3. The molecular weight excluding hydrogens is 572 g/mol. The van der Waals surface area contributed by atoms with E-state index in [-0.39, 0.29) is 17.2 Å². The van der Waals surface area contributed by atoms with E-state index in [1.54, 1.807) is 18.2 Å². The number of nitrogens with one attached hydrogen (secondary N) is 1. The van der Waals surface area contributed by atoms with Crippen LogP contribution < -0.4 is 15.8 Å². The lowest BCUT2D eigenvalue weighted by atomic mass is 9.85. The Morgan fingerprint density at radius 1 is 0.889 bits per heavy atom. The average Bonchev–Trinajstić information content (AvgIpc) is 3.05. The van der Waals surface area contributed by atoms with Gasteiger partial charge >= 0.3 is 0 Å². The van der Waals surface area contributed by atoms with Gasteiger partial charge in [0.15, 0.2) is 0 Å². The van der Waals surface area contributed by atoms with Crippen molar-refractivity contribution >= 4 is 22.5 Å². The van der Waals surface area contributed by atoms with E-state index < -0.39 is 11.8 Å². The van der Waals surface area contributed by atoms with Gasteiger partial charge in [-0.3, -0.25) is 14.3 Å². The molecule has 45 heavy (non-hydrogen) atoms. The van der Waals surface area contributed by atoms with Gasteiger partial charge in [0, 0.05) is 56.3 Å². The summed E-state index contributed by atoms with van der Waals surface area (Å²) in [4.78, 5) is 30.3. The van der Waals surface area contributed by atoms with Crippen molar-refractivity contribution in [1.82, 2.24) is 24.3 Å². The molecule has 2 fully saturated rings. The van der Waals surface area contributed by atoms with Gasteiger partial charge in [-0.05, 0) is 83.8 Å². The fourth-order valence-electron chi connectivity index (χ4n) is 7.39. The molecule has 0 aliphatic carbocycles. The first-order valence-corrected chi connectivity index (χ1v) is 17.1. The third-order valence-corrected chi connectivity index (χ3v) is 10.3. The van der Waals surface area contributed by atoms with Gasteiger partial charge in [-0.1, -0.05) is 37.5 Å². The van der Waals surface area contributed by atoms with E-state index in [4.69, 9.17) is 0 Å². The highest BCUT2D eigenvalue weighted by molar-refractivity contribution is 5.89. The van der Waals surface area contributed by atoms with E-state index in [1.807, 2.05) is 23.6 Å². The van der Waals surface area contributed by atoms with E-state index in [0.717, 1.165) is 88.9 Å². The lowest BCUT2D eigenvalue weighted by molar-refractivity contribution is -0.0855. The summed E-state index contributed by atoms with van der Waals surface area (Å²) in [6.45, 7) is 12.8. The molecule has 1 atom stereocenters. The van der Waals surface area contributed by atoms with Crippen molar-refractivity contribution in [2.45, 2.75) is 90.3 Å². The fourth-order valence-corrected chi connectivity index (χ4v) is 7.39. The molecule has 4 aliphatic heterocycles. The van der Waals surface area contributed by atoms with Gasteiger partial charge in [0.1, 0.15) is 23.5 Å². The third kappa shape index (κ3) is 6.87. The molecule has 8 bridgehead atoms. The first-order chi connectivity index (χ1) is 21.7. The molecule has 244 valence electrons. The summed E-state index contributed by atoms with van der Waals surface area (Å²) >= 11 is 0. The smallest absolute Gasteiger partial charge is 0.276 e. The number of nitrogens with zero attached hydrogens (tertiary/aromatic N) is 6. The highest BCUT2D eigenvalue weighted by Crippen LogP contribution is 2.42. The summed E-state index contributed by atoms with van der Waals surface area (Å²) in [7, 11) is 0. The molecular formula is C35H49F2N7O. The third-order valence-electron chi connectivity index (χ3n) is 10.3. The van der Waals surface area contributed by atoms with Gasteiger partial charge in [0.05, 0.1) is 5.39 Å². The molecule has 0 amide bonds. The van der Waals surface area contributed by atoms with Crippen LogP contribution in [0.25, 0.3) is 11.0 Å². The number of hydrogen-bond donors (Lipinski definition) is 1. The van der Waals surface area contributed by atoms with Gasteiger partial charge < -0.3 is 15.1 Å². The predicted octanol–water partition coefficient (Wildman–Crippen LogP) is 6.26. The van der Waals surface area contributed by atoms with Crippen LogP contribution in [0, 0.1) is 5.92 Å². The number of hydrogen-bond acceptors (Lipinski definition) is 7. The van der Waals surface area contributed by atoms with Crippen LogP contribution in [0.15, 0.2) is 41.5 Å². The number of alkyl halides is 2. The van der Waals surface area contributed by atoms with Crippen LogP contribution in [0.2, 0.25) is 0 Å². The van der Waals surface area contributed by atoms with Crippen LogP contribution in [-0.4, -0.2) is 76.2 Å². The number of pyridine rings is 1. The van der Waals surface area contributed by atoms with E-state index in [2.05, 4.69) is 43.8 Å². The largest absolute Gasteiger partial charge is 0.364 e. The summed E-state index contributed by atoms with van der Waals surface area (Å²) in [6, 6.07) is 9.00. The Hall–Kier alpha value is -3.11. The Morgan fingerprint density at radius 2 is 1.60 bits per heavy atom. The number of halogens is 2. The first-order valence-electron chi connectivity index (χ1n) is 17.1. The van der Waals surface area contributed by atoms with Crippen molar-refractivity contribution in [3.8, 4) is 0 Å². The van der Waals surface area contributed by atoms with Crippen molar-refractivity contribution in [1.29, 1.82) is 0 Å². The van der Waals surface area contributed by atoms with Gasteiger partial charge in [-0.25, -0.2) is 18.7 Å². The Labute approximate surface area is 265 Å². The fraction of sp³-hybridized carbons (Fsp3) is 0.629. The molecule has 1 N–H and O–H groups in total. The van der Waals surface area contributed by atoms with Crippen molar-refractivity contribution in [2.24, 2.45) is 5.92 Å².